The Kier molecular flexibility index (Phi) is 5.65. The van der Waals surface area contributed by atoms with E-state index >= 15 is 0 Å². The first-order valence-electron chi connectivity index (χ1n) is 10.4. The molecule has 36 heavy (non-hydrogen) atoms. The molecule has 5 rings (SSSR count). The molecule has 13 heteroatoms. The predicted molar refractivity (Wildman–Crippen MR) is 137 cm³/mol. The zero-order valence-electron chi connectivity index (χ0n) is 18.5. The summed E-state index contributed by atoms with van der Waals surface area (Å²) in [5.74, 6) is -0.790. The van der Waals surface area contributed by atoms with Gasteiger partial charge in [0.05, 0.1) is 44.7 Å². The maximum absolute atomic E-state index is 13.6. The average molecular weight is 548 g/mol. The van der Waals surface area contributed by atoms with Gasteiger partial charge in [-0.05, 0) is 47.3 Å². The van der Waals surface area contributed by atoms with Crippen LogP contribution in [0.2, 0.25) is 0 Å². The summed E-state index contributed by atoms with van der Waals surface area (Å²) in [4.78, 5) is 13.4. The maximum atomic E-state index is 13.6. The Bertz CT molecular complexity index is 1840. The molecule has 2 aromatic heterocycles. The number of aromatic nitrogens is 1. The molecule has 0 spiro atoms. The second-order valence-electron chi connectivity index (χ2n) is 8.16. The van der Waals surface area contributed by atoms with Crippen LogP contribution in [0, 0.1) is 5.82 Å². The van der Waals surface area contributed by atoms with Crippen LogP contribution in [0.1, 0.15) is 11.1 Å². The number of nitrogens with one attached hydrogen (secondary N) is 2. The van der Waals surface area contributed by atoms with Crippen LogP contribution < -0.4 is 15.6 Å². The number of sulfonamides is 1. The number of hydrogen-bond donors (Lipinski definition) is 3. The molecule has 0 amide bonds. The van der Waals surface area contributed by atoms with Crippen LogP contribution >= 0.6 is 11.3 Å². The average Bonchev–Trinajstić information content (AvgIpc) is 3.27. The van der Waals surface area contributed by atoms with Gasteiger partial charge in [-0.15, -0.1) is 11.3 Å². The highest BCUT2D eigenvalue weighted by Crippen LogP contribution is 2.39. The Balaban J connectivity index is 1.65. The Morgan fingerprint density at radius 3 is 2.56 bits per heavy atom. The van der Waals surface area contributed by atoms with E-state index in [1.807, 2.05) is 0 Å². The summed E-state index contributed by atoms with van der Waals surface area (Å²) >= 11 is 1.18. The van der Waals surface area contributed by atoms with E-state index in [0.717, 1.165) is 11.7 Å². The molecule has 0 atom stereocenters. The minimum Gasteiger partial charge on any atom is -0.505 e. The number of anilines is 2. The largest absolute Gasteiger partial charge is 0.505 e. The number of sulfone groups is 1. The van der Waals surface area contributed by atoms with Crippen LogP contribution in [-0.4, -0.2) is 32.8 Å². The Labute approximate surface area is 209 Å². The number of fused-ring (bicyclic) bond motifs is 2. The minimum atomic E-state index is -4.12. The quantitative estimate of drug-likeness (QED) is 0.348. The lowest BCUT2D eigenvalue weighted by Crippen LogP contribution is -2.27. The van der Waals surface area contributed by atoms with Gasteiger partial charge in [0.15, 0.2) is 0 Å². The third-order valence-electron chi connectivity index (χ3n) is 5.50. The van der Waals surface area contributed by atoms with Crippen molar-refractivity contribution in [1.29, 1.82) is 0 Å². The molecule has 0 unspecified atom stereocenters. The molecule has 3 N–H and O–H groups in total. The second-order valence-corrected chi connectivity index (χ2v) is 12.6. The molecule has 4 aromatic rings. The first-order chi connectivity index (χ1) is 16.9. The summed E-state index contributed by atoms with van der Waals surface area (Å²) in [6, 6.07) is 11.2. The highest BCUT2D eigenvalue weighted by molar-refractivity contribution is 7.94. The number of halogens is 1. The SMILES string of the molecule is CS(=O)(=O)Nc1ccc2c(c1)S(=O)(=O)C=C(c1c(O)c3sccc3n(Cc3ccc(F)cc3)c1=O)N2. The molecule has 186 valence electrons. The van der Waals surface area contributed by atoms with Gasteiger partial charge in [0.2, 0.25) is 19.9 Å². The molecular formula is C23H18FN3O6S3. The van der Waals surface area contributed by atoms with Crippen molar-refractivity contribution < 1.29 is 26.3 Å². The van der Waals surface area contributed by atoms with Gasteiger partial charge in [-0.25, -0.2) is 21.2 Å². The number of pyridine rings is 1. The second kappa shape index (κ2) is 8.47. The van der Waals surface area contributed by atoms with Gasteiger partial charge in [-0.3, -0.25) is 9.52 Å². The van der Waals surface area contributed by atoms with E-state index in [1.54, 1.807) is 11.4 Å². The van der Waals surface area contributed by atoms with Crippen LogP contribution in [0.3, 0.4) is 0 Å². The summed E-state index contributed by atoms with van der Waals surface area (Å²) < 4.78 is 66.6. The number of rotatable bonds is 5. The topological polar surface area (TPSA) is 135 Å². The third kappa shape index (κ3) is 4.36. The van der Waals surface area contributed by atoms with E-state index in [2.05, 4.69) is 10.0 Å². The molecule has 0 bridgehead atoms. The van der Waals surface area contributed by atoms with E-state index in [0.29, 0.717) is 15.8 Å². The van der Waals surface area contributed by atoms with E-state index < -0.39 is 31.2 Å². The molecule has 0 radical (unpaired) electrons. The molecule has 0 fully saturated rings. The molecular weight excluding hydrogens is 529 g/mol. The molecule has 3 heterocycles. The van der Waals surface area contributed by atoms with Crippen molar-refractivity contribution in [3.8, 4) is 5.75 Å². The number of thiophene rings is 1. The number of hydrogen-bond acceptors (Lipinski definition) is 8. The summed E-state index contributed by atoms with van der Waals surface area (Å²) in [7, 11) is -7.76. The van der Waals surface area contributed by atoms with E-state index in [1.165, 1.54) is 58.4 Å². The smallest absolute Gasteiger partial charge is 0.264 e. The van der Waals surface area contributed by atoms with Gasteiger partial charge in [-0.1, -0.05) is 12.1 Å². The van der Waals surface area contributed by atoms with Crippen molar-refractivity contribution in [3.05, 3.63) is 86.6 Å². The van der Waals surface area contributed by atoms with Crippen molar-refractivity contribution in [2.75, 3.05) is 16.3 Å². The molecule has 1 aliphatic rings. The highest BCUT2D eigenvalue weighted by Gasteiger charge is 2.29. The summed E-state index contributed by atoms with van der Waals surface area (Å²) in [5.41, 5.74) is 0.251. The first-order valence-corrected chi connectivity index (χ1v) is 14.7. The lowest BCUT2D eigenvalue weighted by atomic mass is 10.1. The predicted octanol–water partition coefficient (Wildman–Crippen LogP) is 3.53. The van der Waals surface area contributed by atoms with Crippen LogP contribution in [0.15, 0.2) is 69.0 Å². The molecule has 0 aliphatic carbocycles. The molecule has 9 nitrogen and oxygen atoms in total. The van der Waals surface area contributed by atoms with Gasteiger partial charge in [0.1, 0.15) is 17.1 Å². The van der Waals surface area contributed by atoms with Gasteiger partial charge in [0, 0.05) is 5.69 Å². The maximum Gasteiger partial charge on any atom is 0.264 e. The van der Waals surface area contributed by atoms with E-state index in [9.17, 15) is 31.1 Å². The van der Waals surface area contributed by atoms with E-state index in [4.69, 9.17) is 0 Å². The zero-order valence-corrected chi connectivity index (χ0v) is 21.0. The number of aromatic hydroxyl groups is 1. The zero-order chi connectivity index (χ0) is 25.8. The van der Waals surface area contributed by atoms with E-state index in [-0.39, 0.29) is 39.8 Å². The summed E-state index contributed by atoms with van der Waals surface area (Å²) in [6.45, 7) is 0.0662. The fourth-order valence-electron chi connectivity index (χ4n) is 3.98. The van der Waals surface area contributed by atoms with Gasteiger partial charge >= 0.3 is 0 Å². The van der Waals surface area contributed by atoms with Crippen molar-refractivity contribution >= 4 is 58.5 Å². The minimum absolute atomic E-state index is 0.0583. The third-order valence-corrected chi connectivity index (χ3v) is 8.52. The fraction of sp³-hybridized carbons (Fsp3) is 0.0870. The fourth-order valence-corrected chi connectivity index (χ4v) is 6.71. The van der Waals surface area contributed by atoms with Crippen LogP contribution in [0.25, 0.3) is 15.9 Å². The van der Waals surface area contributed by atoms with Gasteiger partial charge in [-0.2, -0.15) is 0 Å². The number of nitrogens with zero attached hydrogens (tertiary/aromatic N) is 1. The van der Waals surface area contributed by atoms with Crippen LogP contribution in [0.5, 0.6) is 5.75 Å². The normalized spacial score (nSPS) is 14.7. The van der Waals surface area contributed by atoms with Crippen molar-refractivity contribution in [3.63, 3.8) is 0 Å². The van der Waals surface area contributed by atoms with Crippen LogP contribution in [0.4, 0.5) is 15.8 Å². The van der Waals surface area contributed by atoms with Crippen molar-refractivity contribution in [1.82, 2.24) is 4.57 Å². The molecule has 0 saturated heterocycles. The van der Waals surface area contributed by atoms with Crippen molar-refractivity contribution in [2.45, 2.75) is 11.4 Å². The van der Waals surface area contributed by atoms with Gasteiger partial charge < -0.3 is 15.0 Å². The van der Waals surface area contributed by atoms with Crippen molar-refractivity contribution in [2.24, 2.45) is 0 Å². The highest BCUT2D eigenvalue weighted by atomic mass is 32.2. The molecule has 0 saturated carbocycles. The monoisotopic (exact) mass is 547 g/mol. The van der Waals surface area contributed by atoms with Gasteiger partial charge in [0.25, 0.3) is 5.56 Å². The lowest BCUT2D eigenvalue weighted by molar-refractivity contribution is 0.478. The Morgan fingerprint density at radius 1 is 1.14 bits per heavy atom. The number of benzene rings is 2. The van der Waals surface area contributed by atoms with Crippen LogP contribution in [-0.2, 0) is 26.4 Å². The summed E-state index contributed by atoms with van der Waals surface area (Å²) in [6.07, 6.45) is 0.942. The lowest BCUT2D eigenvalue weighted by Gasteiger charge is -2.22. The Hall–Kier alpha value is -3.68. The molecule has 1 aliphatic heterocycles. The molecule has 2 aromatic carbocycles. The Morgan fingerprint density at radius 2 is 1.86 bits per heavy atom. The first kappa shape index (κ1) is 24.0. The standard InChI is InChI=1S/C23H18FN3O6S3/c1-35(30,31)26-15-6-7-16-19(10-15)36(32,33)12-17(25-16)20-21(28)22-18(8-9-34-22)27(23(20)29)11-13-2-4-14(24)5-3-13/h2-10,12,25-26,28H,11H2,1H3. The summed E-state index contributed by atoms with van der Waals surface area (Å²) in [5, 5.41) is 16.4.